The van der Waals surface area contributed by atoms with Crippen LogP contribution in [0.2, 0.25) is 0 Å². The molecular formula is C23H21N3O3. The molecule has 1 aromatic heterocycles. The van der Waals surface area contributed by atoms with E-state index in [-0.39, 0.29) is 29.2 Å². The minimum atomic E-state index is -0.386. The highest BCUT2D eigenvalue weighted by molar-refractivity contribution is 6.08. The number of nitrogens with zero attached hydrogens (tertiary/aromatic N) is 2. The summed E-state index contributed by atoms with van der Waals surface area (Å²) >= 11 is 0. The lowest BCUT2D eigenvalue weighted by atomic mass is 10.1. The van der Waals surface area contributed by atoms with Crippen molar-refractivity contribution in [2.45, 2.75) is 19.4 Å². The zero-order valence-corrected chi connectivity index (χ0v) is 16.3. The summed E-state index contributed by atoms with van der Waals surface area (Å²) in [5.74, 6) is 0.0441. The fourth-order valence-electron chi connectivity index (χ4n) is 3.57. The van der Waals surface area contributed by atoms with E-state index in [1.165, 1.54) is 0 Å². The molecule has 0 fully saturated rings. The predicted octanol–water partition coefficient (Wildman–Crippen LogP) is 3.93. The van der Waals surface area contributed by atoms with E-state index in [4.69, 9.17) is 4.74 Å². The lowest BCUT2D eigenvalue weighted by molar-refractivity contribution is 0.0976. The van der Waals surface area contributed by atoms with Crippen molar-refractivity contribution in [3.8, 4) is 5.75 Å². The van der Waals surface area contributed by atoms with Gasteiger partial charge in [0, 0.05) is 23.5 Å². The van der Waals surface area contributed by atoms with Crippen LogP contribution >= 0.6 is 0 Å². The van der Waals surface area contributed by atoms with Gasteiger partial charge >= 0.3 is 0 Å². The Morgan fingerprint density at radius 2 is 1.79 bits per heavy atom. The third-order valence-electron chi connectivity index (χ3n) is 4.95. The van der Waals surface area contributed by atoms with E-state index in [2.05, 4.69) is 10.3 Å². The van der Waals surface area contributed by atoms with E-state index in [1.807, 2.05) is 31.2 Å². The molecule has 1 aliphatic heterocycles. The molecule has 0 radical (unpaired) electrons. The number of nitrogens with one attached hydrogen (secondary N) is 1. The van der Waals surface area contributed by atoms with Crippen molar-refractivity contribution in [1.29, 1.82) is 0 Å². The van der Waals surface area contributed by atoms with Crippen LogP contribution < -0.4 is 15.0 Å². The van der Waals surface area contributed by atoms with Crippen LogP contribution in [-0.4, -0.2) is 29.9 Å². The summed E-state index contributed by atoms with van der Waals surface area (Å²) in [6.45, 7) is 2.01. The van der Waals surface area contributed by atoms with Crippen molar-refractivity contribution in [2.75, 3.05) is 17.3 Å². The van der Waals surface area contributed by atoms with Gasteiger partial charge < -0.3 is 15.0 Å². The molecule has 4 rings (SSSR count). The topological polar surface area (TPSA) is 71.5 Å². The van der Waals surface area contributed by atoms with Gasteiger partial charge in [0.25, 0.3) is 11.8 Å². The van der Waals surface area contributed by atoms with Crippen molar-refractivity contribution >= 4 is 23.2 Å². The van der Waals surface area contributed by atoms with Gasteiger partial charge in [0.05, 0.1) is 7.11 Å². The largest absolute Gasteiger partial charge is 0.497 e. The highest BCUT2D eigenvalue weighted by atomic mass is 16.5. The van der Waals surface area contributed by atoms with Crippen LogP contribution in [0.3, 0.4) is 0 Å². The van der Waals surface area contributed by atoms with Crippen LogP contribution in [0.15, 0.2) is 66.7 Å². The number of fused-ring (bicyclic) bond motifs is 1. The van der Waals surface area contributed by atoms with Crippen molar-refractivity contribution in [1.82, 2.24) is 4.98 Å². The maximum Gasteiger partial charge on any atom is 0.277 e. The molecule has 0 bridgehead atoms. The Labute approximate surface area is 169 Å². The Hall–Kier alpha value is -3.67. The first kappa shape index (κ1) is 18.7. The van der Waals surface area contributed by atoms with Crippen molar-refractivity contribution in [2.24, 2.45) is 0 Å². The number of hydrogen-bond donors (Lipinski definition) is 1. The second-order valence-electron chi connectivity index (χ2n) is 6.95. The number of rotatable bonds is 4. The molecule has 3 aromatic rings. The molecule has 6 heteroatoms. The van der Waals surface area contributed by atoms with Gasteiger partial charge in [-0.25, -0.2) is 4.98 Å². The van der Waals surface area contributed by atoms with E-state index in [1.54, 1.807) is 54.5 Å². The highest BCUT2D eigenvalue weighted by Gasteiger charge is 2.32. The molecule has 1 unspecified atom stereocenters. The second-order valence-corrected chi connectivity index (χ2v) is 6.95. The number of hydrogen-bond acceptors (Lipinski definition) is 4. The SMILES string of the molecule is COc1cccc(NC(=O)c2cccc(C(=O)N3c4ccccc4CC3C)n2)c1. The molecule has 146 valence electrons. The molecule has 29 heavy (non-hydrogen) atoms. The molecule has 0 saturated carbocycles. The van der Waals surface area contributed by atoms with E-state index in [0.29, 0.717) is 11.4 Å². The van der Waals surface area contributed by atoms with Gasteiger partial charge in [-0.1, -0.05) is 30.3 Å². The van der Waals surface area contributed by atoms with Crippen LogP contribution in [0.1, 0.15) is 33.5 Å². The van der Waals surface area contributed by atoms with Crippen LogP contribution in [0, 0.1) is 0 Å². The highest BCUT2D eigenvalue weighted by Crippen LogP contribution is 2.32. The monoisotopic (exact) mass is 387 g/mol. The van der Waals surface area contributed by atoms with Crippen LogP contribution in [0.25, 0.3) is 0 Å². The van der Waals surface area contributed by atoms with Gasteiger partial charge in [-0.15, -0.1) is 0 Å². The molecule has 0 spiro atoms. The van der Waals surface area contributed by atoms with Crippen molar-refractivity contribution < 1.29 is 14.3 Å². The number of pyridine rings is 1. The first-order chi connectivity index (χ1) is 14.1. The average Bonchev–Trinajstić information content (AvgIpc) is 3.09. The summed E-state index contributed by atoms with van der Waals surface area (Å²) < 4.78 is 5.17. The molecule has 1 aliphatic rings. The number of para-hydroxylation sites is 1. The van der Waals surface area contributed by atoms with E-state index in [9.17, 15) is 9.59 Å². The maximum absolute atomic E-state index is 13.2. The Morgan fingerprint density at radius 1 is 1.03 bits per heavy atom. The standard InChI is InChI=1S/C23H21N3O3/c1-15-13-16-7-3-4-12-21(16)26(15)23(28)20-11-6-10-19(25-20)22(27)24-17-8-5-9-18(14-17)29-2/h3-12,14-15H,13H2,1-2H3,(H,24,27). The van der Waals surface area contributed by atoms with Crippen LogP contribution in [0.4, 0.5) is 11.4 Å². The molecular weight excluding hydrogens is 366 g/mol. The number of aromatic nitrogens is 1. The summed E-state index contributed by atoms with van der Waals surface area (Å²) in [6.07, 6.45) is 0.804. The quantitative estimate of drug-likeness (QED) is 0.736. The summed E-state index contributed by atoms with van der Waals surface area (Å²) in [7, 11) is 1.56. The lowest BCUT2D eigenvalue weighted by Crippen LogP contribution is -2.36. The molecule has 0 aliphatic carbocycles. The van der Waals surface area contributed by atoms with Gasteiger partial charge in [0.2, 0.25) is 0 Å². The Kier molecular flexibility index (Phi) is 4.99. The summed E-state index contributed by atoms with van der Waals surface area (Å²) in [5.41, 5.74) is 3.05. The minimum absolute atomic E-state index is 0.0379. The van der Waals surface area contributed by atoms with Crippen molar-refractivity contribution in [3.05, 3.63) is 83.7 Å². The first-order valence-electron chi connectivity index (χ1n) is 9.41. The second kappa shape index (κ2) is 7.75. The molecule has 2 heterocycles. The van der Waals surface area contributed by atoms with Gasteiger partial charge in [-0.05, 0) is 49.2 Å². The third-order valence-corrected chi connectivity index (χ3v) is 4.95. The van der Waals surface area contributed by atoms with Crippen LogP contribution in [0.5, 0.6) is 5.75 Å². The number of ether oxygens (including phenoxy) is 1. The smallest absolute Gasteiger partial charge is 0.277 e. The summed E-state index contributed by atoms with van der Waals surface area (Å²) in [4.78, 5) is 31.9. The number of methoxy groups -OCH3 is 1. The molecule has 1 N–H and O–H groups in total. The van der Waals surface area contributed by atoms with Crippen molar-refractivity contribution in [3.63, 3.8) is 0 Å². The lowest BCUT2D eigenvalue weighted by Gasteiger charge is -2.22. The van der Waals surface area contributed by atoms with Crippen LogP contribution in [-0.2, 0) is 6.42 Å². The average molecular weight is 387 g/mol. The Bertz CT molecular complexity index is 1080. The number of benzene rings is 2. The molecule has 2 aromatic carbocycles. The number of carbonyl (C=O) groups excluding carboxylic acids is 2. The van der Waals surface area contributed by atoms with Gasteiger partial charge in [-0.3, -0.25) is 9.59 Å². The van der Waals surface area contributed by atoms with E-state index >= 15 is 0 Å². The van der Waals surface area contributed by atoms with Gasteiger partial charge in [0.15, 0.2) is 0 Å². The fraction of sp³-hybridized carbons (Fsp3) is 0.174. The van der Waals surface area contributed by atoms with E-state index in [0.717, 1.165) is 17.7 Å². The molecule has 2 amide bonds. The van der Waals surface area contributed by atoms with Gasteiger partial charge in [-0.2, -0.15) is 0 Å². The van der Waals surface area contributed by atoms with E-state index < -0.39 is 0 Å². The summed E-state index contributed by atoms with van der Waals surface area (Å²) in [5, 5.41) is 2.79. The first-order valence-corrected chi connectivity index (χ1v) is 9.41. The number of amides is 2. The normalized spacial score (nSPS) is 15.0. The zero-order chi connectivity index (χ0) is 20.4. The fourth-order valence-corrected chi connectivity index (χ4v) is 3.57. The predicted molar refractivity (Wildman–Crippen MR) is 112 cm³/mol. The number of carbonyl (C=O) groups is 2. The molecule has 1 atom stereocenters. The zero-order valence-electron chi connectivity index (χ0n) is 16.3. The third kappa shape index (κ3) is 3.69. The maximum atomic E-state index is 13.2. The minimum Gasteiger partial charge on any atom is -0.497 e. The Balaban J connectivity index is 1.57. The number of anilines is 2. The Morgan fingerprint density at radius 3 is 2.62 bits per heavy atom. The molecule has 0 saturated heterocycles. The summed E-state index contributed by atoms with van der Waals surface area (Å²) in [6, 6.07) is 19.9. The van der Waals surface area contributed by atoms with Gasteiger partial charge in [0.1, 0.15) is 17.1 Å². The molecule has 6 nitrogen and oxygen atoms in total.